The molecule has 1 aliphatic rings. The Morgan fingerprint density at radius 2 is 2.00 bits per heavy atom. The molecule has 2 aromatic rings. The van der Waals surface area contributed by atoms with E-state index in [1.54, 1.807) is 10.9 Å². The Kier molecular flexibility index (Phi) is 4.06. The fourth-order valence-corrected chi connectivity index (χ4v) is 3.04. The summed E-state index contributed by atoms with van der Waals surface area (Å²) in [6.07, 6.45) is 2.93. The van der Waals surface area contributed by atoms with Crippen LogP contribution in [0.5, 0.6) is 0 Å². The number of nitrogens with zero attached hydrogens (tertiary/aromatic N) is 4. The van der Waals surface area contributed by atoms with Gasteiger partial charge in [-0.1, -0.05) is 0 Å². The van der Waals surface area contributed by atoms with Crippen LogP contribution >= 0.6 is 0 Å². The molecular formula is C16H23N5O3. The minimum Gasteiger partial charge on any atom is -0.469 e. The van der Waals surface area contributed by atoms with E-state index < -0.39 is 0 Å². The SMILES string of the molecule is COC(=O)C1CCN(c2nc3c(cnn3C(C)(C)C)c(=O)[nH]2)CC1. The molecular weight excluding hydrogens is 310 g/mol. The van der Waals surface area contributed by atoms with Crippen molar-refractivity contribution in [2.45, 2.75) is 39.2 Å². The molecule has 0 aliphatic carbocycles. The van der Waals surface area contributed by atoms with Gasteiger partial charge in [0.15, 0.2) is 5.65 Å². The molecule has 0 atom stereocenters. The maximum Gasteiger partial charge on any atom is 0.308 e. The second kappa shape index (κ2) is 5.92. The fraction of sp³-hybridized carbons (Fsp3) is 0.625. The molecule has 0 spiro atoms. The van der Waals surface area contributed by atoms with Crippen LogP contribution < -0.4 is 10.5 Å². The number of aromatic amines is 1. The third-order valence-corrected chi connectivity index (χ3v) is 4.39. The minimum absolute atomic E-state index is 0.0817. The van der Waals surface area contributed by atoms with Crippen LogP contribution in [0.3, 0.4) is 0 Å². The highest BCUT2D eigenvalue weighted by molar-refractivity contribution is 5.75. The number of ether oxygens (including phenoxy) is 1. The Hall–Kier alpha value is -2.38. The van der Waals surface area contributed by atoms with Gasteiger partial charge in [-0.2, -0.15) is 10.1 Å². The van der Waals surface area contributed by atoms with Crippen LogP contribution in [0.25, 0.3) is 11.0 Å². The number of H-pyrrole nitrogens is 1. The number of hydrogen-bond donors (Lipinski definition) is 1. The Bertz CT molecular complexity index is 809. The summed E-state index contributed by atoms with van der Waals surface area (Å²) in [5.41, 5.74) is 0.120. The van der Waals surface area contributed by atoms with Crippen molar-refractivity contribution < 1.29 is 9.53 Å². The number of anilines is 1. The van der Waals surface area contributed by atoms with Crippen LogP contribution in [0.1, 0.15) is 33.6 Å². The first-order valence-corrected chi connectivity index (χ1v) is 8.12. The predicted molar refractivity (Wildman–Crippen MR) is 90.1 cm³/mol. The number of piperidine rings is 1. The summed E-state index contributed by atoms with van der Waals surface area (Å²) in [7, 11) is 1.41. The van der Waals surface area contributed by atoms with E-state index >= 15 is 0 Å². The molecule has 0 saturated carbocycles. The maximum atomic E-state index is 12.4. The van der Waals surface area contributed by atoms with E-state index in [0.717, 1.165) is 0 Å². The number of rotatable bonds is 2. The maximum absolute atomic E-state index is 12.4. The van der Waals surface area contributed by atoms with Gasteiger partial charge in [0.2, 0.25) is 5.95 Å². The summed E-state index contributed by atoms with van der Waals surface area (Å²) >= 11 is 0. The number of esters is 1. The molecule has 1 N–H and O–H groups in total. The lowest BCUT2D eigenvalue weighted by Crippen LogP contribution is -2.38. The molecule has 24 heavy (non-hydrogen) atoms. The number of methoxy groups -OCH3 is 1. The molecule has 8 heteroatoms. The van der Waals surface area contributed by atoms with Crippen LogP contribution in [0.2, 0.25) is 0 Å². The van der Waals surface area contributed by atoms with Crippen molar-refractivity contribution in [2.75, 3.05) is 25.1 Å². The van der Waals surface area contributed by atoms with E-state index in [1.807, 2.05) is 25.7 Å². The summed E-state index contributed by atoms with van der Waals surface area (Å²) in [5, 5.41) is 4.80. The van der Waals surface area contributed by atoms with Gasteiger partial charge >= 0.3 is 5.97 Å². The second-order valence-corrected chi connectivity index (χ2v) is 7.14. The van der Waals surface area contributed by atoms with Crippen molar-refractivity contribution in [3.05, 3.63) is 16.6 Å². The number of aromatic nitrogens is 4. The molecule has 0 bridgehead atoms. The molecule has 0 unspecified atom stereocenters. The molecule has 1 saturated heterocycles. The molecule has 1 fully saturated rings. The lowest BCUT2D eigenvalue weighted by molar-refractivity contribution is -0.146. The van der Waals surface area contributed by atoms with Crippen LogP contribution in [0.15, 0.2) is 11.0 Å². The first-order valence-electron chi connectivity index (χ1n) is 8.12. The quantitative estimate of drug-likeness (QED) is 0.832. The molecule has 0 amide bonds. The second-order valence-electron chi connectivity index (χ2n) is 7.14. The topological polar surface area (TPSA) is 93.1 Å². The molecule has 0 radical (unpaired) electrons. The summed E-state index contributed by atoms with van der Waals surface area (Å²) in [6.45, 7) is 7.35. The van der Waals surface area contributed by atoms with Gasteiger partial charge in [0.25, 0.3) is 5.56 Å². The zero-order valence-electron chi connectivity index (χ0n) is 14.5. The van der Waals surface area contributed by atoms with Crippen LogP contribution in [0.4, 0.5) is 5.95 Å². The van der Waals surface area contributed by atoms with Crippen molar-refractivity contribution >= 4 is 23.0 Å². The summed E-state index contributed by atoms with van der Waals surface area (Å²) < 4.78 is 6.57. The minimum atomic E-state index is -0.266. The first-order chi connectivity index (χ1) is 11.3. The van der Waals surface area contributed by atoms with Gasteiger partial charge in [0.05, 0.1) is 24.8 Å². The molecule has 2 aromatic heterocycles. The largest absolute Gasteiger partial charge is 0.469 e. The number of hydrogen-bond acceptors (Lipinski definition) is 6. The average molecular weight is 333 g/mol. The van der Waals surface area contributed by atoms with Crippen molar-refractivity contribution in [2.24, 2.45) is 5.92 Å². The third-order valence-electron chi connectivity index (χ3n) is 4.39. The Balaban J connectivity index is 1.91. The van der Waals surface area contributed by atoms with Crippen molar-refractivity contribution in [3.63, 3.8) is 0 Å². The van der Waals surface area contributed by atoms with Crippen molar-refractivity contribution in [1.82, 2.24) is 19.7 Å². The lowest BCUT2D eigenvalue weighted by Gasteiger charge is -2.31. The fourth-order valence-electron chi connectivity index (χ4n) is 3.04. The highest BCUT2D eigenvalue weighted by atomic mass is 16.5. The standard InChI is InChI=1S/C16H23N5O3/c1-16(2,3)21-12-11(9-17-21)13(22)19-15(18-12)20-7-5-10(6-8-20)14(23)24-4/h9-10H,5-8H2,1-4H3,(H,18,19,22). The number of carbonyl (C=O) groups excluding carboxylic acids is 1. The highest BCUT2D eigenvalue weighted by Crippen LogP contribution is 2.23. The van der Waals surface area contributed by atoms with Gasteiger partial charge in [-0.3, -0.25) is 14.6 Å². The average Bonchev–Trinajstić information content (AvgIpc) is 2.99. The molecule has 130 valence electrons. The summed E-state index contributed by atoms with van der Waals surface area (Å²) in [6, 6.07) is 0. The van der Waals surface area contributed by atoms with Gasteiger partial charge in [-0.05, 0) is 33.6 Å². The third kappa shape index (κ3) is 2.88. The Morgan fingerprint density at radius 1 is 1.33 bits per heavy atom. The van der Waals surface area contributed by atoms with Gasteiger partial charge < -0.3 is 9.64 Å². The van der Waals surface area contributed by atoms with E-state index in [0.29, 0.717) is 42.9 Å². The Labute approximate surface area is 139 Å². The van der Waals surface area contributed by atoms with E-state index in [4.69, 9.17) is 4.74 Å². The van der Waals surface area contributed by atoms with E-state index in [1.165, 1.54) is 7.11 Å². The molecule has 1 aliphatic heterocycles. The smallest absolute Gasteiger partial charge is 0.308 e. The van der Waals surface area contributed by atoms with Crippen molar-refractivity contribution in [1.29, 1.82) is 0 Å². The number of carbonyl (C=O) groups is 1. The van der Waals surface area contributed by atoms with Crippen molar-refractivity contribution in [3.8, 4) is 0 Å². The first kappa shape index (κ1) is 16.5. The monoisotopic (exact) mass is 333 g/mol. The van der Waals surface area contributed by atoms with Gasteiger partial charge in [0, 0.05) is 13.1 Å². The molecule has 3 heterocycles. The lowest BCUT2D eigenvalue weighted by atomic mass is 9.97. The normalized spacial score (nSPS) is 16.6. The van der Waals surface area contributed by atoms with Crippen LogP contribution in [-0.2, 0) is 15.1 Å². The van der Waals surface area contributed by atoms with E-state index in [9.17, 15) is 9.59 Å². The number of fused-ring (bicyclic) bond motifs is 1. The predicted octanol–water partition coefficient (Wildman–Crippen LogP) is 1.26. The zero-order chi connectivity index (χ0) is 17.5. The zero-order valence-corrected chi connectivity index (χ0v) is 14.5. The van der Waals surface area contributed by atoms with E-state index in [-0.39, 0.29) is 23.0 Å². The van der Waals surface area contributed by atoms with Crippen LogP contribution in [0, 0.1) is 5.92 Å². The van der Waals surface area contributed by atoms with Gasteiger partial charge in [-0.25, -0.2) is 4.68 Å². The van der Waals surface area contributed by atoms with Gasteiger partial charge in [0.1, 0.15) is 5.39 Å². The Morgan fingerprint density at radius 3 is 2.58 bits per heavy atom. The highest BCUT2D eigenvalue weighted by Gasteiger charge is 2.27. The number of nitrogens with one attached hydrogen (secondary N) is 1. The molecule has 0 aromatic carbocycles. The van der Waals surface area contributed by atoms with Gasteiger partial charge in [-0.15, -0.1) is 0 Å². The molecule has 8 nitrogen and oxygen atoms in total. The summed E-state index contributed by atoms with van der Waals surface area (Å²) in [5.74, 6) is 0.279. The molecule has 3 rings (SSSR count). The van der Waals surface area contributed by atoms with Crippen LogP contribution in [-0.4, -0.2) is 45.9 Å². The van der Waals surface area contributed by atoms with E-state index in [2.05, 4.69) is 15.1 Å². The summed E-state index contributed by atoms with van der Waals surface area (Å²) in [4.78, 5) is 33.4.